The van der Waals surface area contributed by atoms with Crippen LogP contribution in [0.3, 0.4) is 0 Å². The largest absolute Gasteiger partial charge is 0.354 e. The molecule has 2 N–H and O–H groups in total. The molecule has 124 valence electrons. The highest BCUT2D eigenvalue weighted by Gasteiger charge is 2.05. The van der Waals surface area contributed by atoms with Crippen molar-refractivity contribution in [3.8, 4) is 0 Å². The van der Waals surface area contributed by atoms with Gasteiger partial charge in [0.05, 0.1) is 0 Å². The second kappa shape index (κ2) is 12.3. The lowest BCUT2D eigenvalue weighted by atomic mass is 10.2. The van der Waals surface area contributed by atoms with Crippen LogP contribution < -0.4 is 10.6 Å². The molecule has 0 fully saturated rings. The van der Waals surface area contributed by atoms with Crippen LogP contribution in [0.15, 0.2) is 35.3 Å². The first-order valence-electron chi connectivity index (χ1n) is 7.44. The minimum Gasteiger partial charge on any atom is -0.354 e. The molecule has 0 radical (unpaired) electrons. The van der Waals surface area contributed by atoms with Crippen molar-refractivity contribution in [3.63, 3.8) is 0 Å². The third-order valence-electron chi connectivity index (χ3n) is 3.15. The number of guanidine groups is 1. The van der Waals surface area contributed by atoms with Crippen LogP contribution in [-0.2, 0) is 0 Å². The van der Waals surface area contributed by atoms with Crippen molar-refractivity contribution in [2.75, 3.05) is 33.7 Å². The average Bonchev–Trinajstić information content (AvgIpc) is 2.53. The number of nitrogens with zero attached hydrogens (tertiary/aromatic N) is 2. The van der Waals surface area contributed by atoms with E-state index < -0.39 is 0 Å². The Bertz CT molecular complexity index is 451. The van der Waals surface area contributed by atoms with Gasteiger partial charge in [-0.2, -0.15) is 0 Å². The number of amides is 1. The van der Waals surface area contributed by atoms with Gasteiger partial charge < -0.3 is 15.5 Å². The molecule has 1 aromatic rings. The summed E-state index contributed by atoms with van der Waals surface area (Å²) >= 11 is 0. The zero-order valence-corrected chi connectivity index (χ0v) is 16.0. The van der Waals surface area contributed by atoms with E-state index in [4.69, 9.17) is 0 Å². The van der Waals surface area contributed by atoms with Gasteiger partial charge in [0, 0.05) is 39.3 Å². The Hall–Kier alpha value is -1.31. The number of unbranched alkanes of at least 4 members (excludes halogenated alkanes) is 1. The van der Waals surface area contributed by atoms with Crippen molar-refractivity contribution >= 4 is 35.8 Å². The van der Waals surface area contributed by atoms with Crippen molar-refractivity contribution in [2.45, 2.75) is 19.8 Å². The minimum atomic E-state index is -0.0493. The monoisotopic (exact) mass is 418 g/mol. The summed E-state index contributed by atoms with van der Waals surface area (Å²) in [6.45, 7) is 4.37. The summed E-state index contributed by atoms with van der Waals surface area (Å²) in [6, 6.07) is 9.23. The summed E-state index contributed by atoms with van der Waals surface area (Å²) < 4.78 is 0. The Kier molecular flexibility index (Phi) is 11.5. The maximum Gasteiger partial charge on any atom is 0.251 e. The number of carbonyl (C=O) groups is 1. The molecule has 0 heterocycles. The highest BCUT2D eigenvalue weighted by Crippen LogP contribution is 1.97. The lowest BCUT2D eigenvalue weighted by molar-refractivity contribution is 0.0954. The minimum absolute atomic E-state index is 0. The fourth-order valence-electron chi connectivity index (χ4n) is 1.93. The van der Waals surface area contributed by atoms with E-state index in [1.165, 1.54) is 0 Å². The van der Waals surface area contributed by atoms with E-state index in [1.807, 2.05) is 25.2 Å². The van der Waals surface area contributed by atoms with Gasteiger partial charge in [-0.05, 0) is 18.6 Å². The number of hydrogen-bond donors (Lipinski definition) is 2. The lowest BCUT2D eigenvalue weighted by Crippen LogP contribution is -2.42. The number of halogens is 1. The van der Waals surface area contributed by atoms with Crippen LogP contribution in [0.4, 0.5) is 0 Å². The molecular formula is C16H27IN4O. The molecule has 0 unspecified atom stereocenters. The number of nitrogens with one attached hydrogen (secondary N) is 2. The Balaban J connectivity index is 0.00000441. The van der Waals surface area contributed by atoms with E-state index in [9.17, 15) is 4.79 Å². The molecule has 0 aromatic heterocycles. The van der Waals surface area contributed by atoms with Crippen LogP contribution in [0.25, 0.3) is 0 Å². The van der Waals surface area contributed by atoms with E-state index in [0.29, 0.717) is 18.7 Å². The number of benzene rings is 1. The van der Waals surface area contributed by atoms with Gasteiger partial charge in [-0.25, -0.2) is 0 Å². The molecule has 0 aliphatic heterocycles. The first-order valence-corrected chi connectivity index (χ1v) is 7.44. The number of carbonyl (C=O) groups excluding carboxylic acids is 1. The Morgan fingerprint density at radius 3 is 2.41 bits per heavy atom. The molecule has 0 aliphatic carbocycles. The summed E-state index contributed by atoms with van der Waals surface area (Å²) in [5.74, 6) is 0.809. The third-order valence-corrected chi connectivity index (χ3v) is 3.15. The third kappa shape index (κ3) is 7.63. The van der Waals surface area contributed by atoms with Crippen LogP contribution in [0, 0.1) is 0 Å². The van der Waals surface area contributed by atoms with Crippen molar-refractivity contribution in [1.82, 2.24) is 15.5 Å². The molecular weight excluding hydrogens is 391 g/mol. The SMILES string of the molecule is CCCCN(C)C(=NC)NCCNC(=O)c1ccccc1.I. The molecule has 22 heavy (non-hydrogen) atoms. The summed E-state index contributed by atoms with van der Waals surface area (Å²) in [4.78, 5) is 18.2. The summed E-state index contributed by atoms with van der Waals surface area (Å²) in [5.41, 5.74) is 0.682. The highest BCUT2D eigenvalue weighted by molar-refractivity contribution is 14.0. The van der Waals surface area contributed by atoms with E-state index in [0.717, 1.165) is 25.3 Å². The molecule has 1 rings (SSSR count). The average molecular weight is 418 g/mol. The smallest absolute Gasteiger partial charge is 0.251 e. The summed E-state index contributed by atoms with van der Waals surface area (Å²) in [7, 11) is 3.79. The van der Waals surface area contributed by atoms with Crippen LogP contribution in [0.2, 0.25) is 0 Å². The van der Waals surface area contributed by atoms with Crippen LogP contribution in [-0.4, -0.2) is 50.5 Å². The fourth-order valence-corrected chi connectivity index (χ4v) is 1.93. The summed E-state index contributed by atoms with van der Waals surface area (Å²) in [6.07, 6.45) is 2.30. The quantitative estimate of drug-likeness (QED) is 0.309. The predicted molar refractivity (Wildman–Crippen MR) is 103 cm³/mol. The molecule has 5 nitrogen and oxygen atoms in total. The number of aliphatic imine (C=N–C) groups is 1. The van der Waals surface area contributed by atoms with Crippen LogP contribution in [0.1, 0.15) is 30.1 Å². The first kappa shape index (κ1) is 20.7. The fraction of sp³-hybridized carbons (Fsp3) is 0.500. The van der Waals surface area contributed by atoms with Gasteiger partial charge in [-0.3, -0.25) is 9.79 Å². The van der Waals surface area contributed by atoms with Gasteiger partial charge in [-0.1, -0.05) is 31.5 Å². The van der Waals surface area contributed by atoms with Crippen LogP contribution >= 0.6 is 24.0 Å². The molecule has 0 bridgehead atoms. The van der Waals surface area contributed by atoms with Gasteiger partial charge in [0.2, 0.25) is 0 Å². The molecule has 0 saturated carbocycles. The zero-order valence-electron chi connectivity index (χ0n) is 13.6. The van der Waals surface area contributed by atoms with Crippen molar-refractivity contribution in [2.24, 2.45) is 4.99 Å². The first-order chi connectivity index (χ1) is 10.2. The van der Waals surface area contributed by atoms with Crippen molar-refractivity contribution in [1.29, 1.82) is 0 Å². The second-order valence-electron chi connectivity index (χ2n) is 4.87. The van der Waals surface area contributed by atoms with Crippen molar-refractivity contribution in [3.05, 3.63) is 35.9 Å². The Labute approximate surface area is 150 Å². The molecule has 1 aromatic carbocycles. The second-order valence-corrected chi connectivity index (χ2v) is 4.87. The summed E-state index contributed by atoms with van der Waals surface area (Å²) in [5, 5.41) is 6.13. The van der Waals surface area contributed by atoms with Gasteiger partial charge in [0.15, 0.2) is 5.96 Å². The highest BCUT2D eigenvalue weighted by atomic mass is 127. The normalized spacial score (nSPS) is 10.6. The maximum absolute atomic E-state index is 11.9. The van der Waals surface area contributed by atoms with E-state index >= 15 is 0 Å². The maximum atomic E-state index is 11.9. The molecule has 0 saturated heterocycles. The van der Waals surface area contributed by atoms with E-state index in [2.05, 4.69) is 27.4 Å². The number of hydrogen-bond acceptors (Lipinski definition) is 2. The van der Waals surface area contributed by atoms with Gasteiger partial charge >= 0.3 is 0 Å². The molecule has 0 spiro atoms. The Morgan fingerprint density at radius 2 is 1.82 bits per heavy atom. The Morgan fingerprint density at radius 1 is 1.18 bits per heavy atom. The standard InChI is InChI=1S/C16H26N4O.HI/c1-4-5-13-20(3)16(17-2)19-12-11-18-15(21)14-9-7-6-8-10-14;/h6-10H,4-5,11-13H2,1-3H3,(H,17,19)(H,18,21);1H. The molecule has 0 atom stereocenters. The van der Waals surface area contributed by atoms with Gasteiger partial charge in [0.1, 0.15) is 0 Å². The zero-order chi connectivity index (χ0) is 15.5. The van der Waals surface area contributed by atoms with Crippen molar-refractivity contribution < 1.29 is 4.79 Å². The van der Waals surface area contributed by atoms with Gasteiger partial charge in [0.25, 0.3) is 5.91 Å². The van der Waals surface area contributed by atoms with E-state index in [1.54, 1.807) is 19.2 Å². The van der Waals surface area contributed by atoms with E-state index in [-0.39, 0.29) is 29.9 Å². The molecule has 0 aliphatic rings. The van der Waals surface area contributed by atoms with Crippen LogP contribution in [0.5, 0.6) is 0 Å². The molecule has 6 heteroatoms. The number of rotatable bonds is 7. The van der Waals surface area contributed by atoms with Gasteiger partial charge in [-0.15, -0.1) is 24.0 Å². The topological polar surface area (TPSA) is 56.7 Å². The predicted octanol–water partition coefficient (Wildman–Crippen LogP) is 2.34. The lowest BCUT2D eigenvalue weighted by Gasteiger charge is -2.21. The molecule has 1 amide bonds.